The number of hydrogen-bond acceptors (Lipinski definition) is 3. The summed E-state index contributed by atoms with van der Waals surface area (Å²) in [5.74, 6) is 0.141. The minimum absolute atomic E-state index is 0.0211. The maximum Gasteiger partial charge on any atom is 0.239 e. The topological polar surface area (TPSA) is 66.6 Å². The molecule has 3 atom stereocenters. The molecule has 1 amide bonds. The number of aliphatic hydroxyl groups is 1. The zero-order chi connectivity index (χ0) is 10.0. The van der Waals surface area contributed by atoms with Crippen LogP contribution in [0.5, 0.6) is 0 Å². The first-order valence-electron chi connectivity index (χ1n) is 4.74. The van der Waals surface area contributed by atoms with Crippen molar-refractivity contribution >= 4 is 5.91 Å². The van der Waals surface area contributed by atoms with Gasteiger partial charge >= 0.3 is 0 Å². The molecule has 4 nitrogen and oxygen atoms in total. The fourth-order valence-corrected chi connectivity index (χ4v) is 1.59. The monoisotopic (exact) mass is 186 g/mol. The second-order valence-electron chi connectivity index (χ2n) is 3.83. The zero-order valence-electron chi connectivity index (χ0n) is 8.23. The van der Waals surface area contributed by atoms with Gasteiger partial charge in [-0.1, -0.05) is 6.92 Å². The molecule has 0 aromatic carbocycles. The Labute approximate surface area is 78.7 Å². The van der Waals surface area contributed by atoms with Crippen LogP contribution in [-0.2, 0) is 4.79 Å². The second kappa shape index (κ2) is 4.07. The van der Waals surface area contributed by atoms with Crippen LogP contribution in [-0.4, -0.2) is 41.1 Å². The van der Waals surface area contributed by atoms with Crippen LogP contribution in [0.25, 0.3) is 0 Å². The fraction of sp³-hybridized carbons (Fsp3) is 0.889. The van der Waals surface area contributed by atoms with E-state index in [1.54, 1.807) is 4.90 Å². The summed E-state index contributed by atoms with van der Waals surface area (Å²) < 4.78 is 0. The number of aliphatic hydroxyl groups excluding tert-OH is 1. The van der Waals surface area contributed by atoms with Crippen LogP contribution in [0.15, 0.2) is 0 Å². The van der Waals surface area contributed by atoms with Crippen molar-refractivity contribution in [2.45, 2.75) is 32.4 Å². The molecule has 3 unspecified atom stereocenters. The Morgan fingerprint density at radius 1 is 1.69 bits per heavy atom. The van der Waals surface area contributed by atoms with Gasteiger partial charge in [-0.15, -0.1) is 0 Å². The molecule has 0 saturated carbocycles. The predicted molar refractivity (Wildman–Crippen MR) is 50.0 cm³/mol. The molecule has 0 aromatic heterocycles. The third kappa shape index (κ3) is 2.00. The summed E-state index contributed by atoms with van der Waals surface area (Å²) in [5.41, 5.74) is 5.59. The normalized spacial score (nSPS) is 27.8. The van der Waals surface area contributed by atoms with Crippen molar-refractivity contribution in [2.24, 2.45) is 11.7 Å². The van der Waals surface area contributed by atoms with Gasteiger partial charge in [0.1, 0.15) is 0 Å². The molecule has 1 rings (SSSR count). The average Bonchev–Trinajstić information content (AvgIpc) is 2.45. The first kappa shape index (κ1) is 10.5. The molecule has 4 heteroatoms. The van der Waals surface area contributed by atoms with E-state index in [1.165, 1.54) is 0 Å². The van der Waals surface area contributed by atoms with Gasteiger partial charge in [0.25, 0.3) is 0 Å². The molecule has 0 aliphatic carbocycles. The third-order valence-electron chi connectivity index (χ3n) is 2.88. The summed E-state index contributed by atoms with van der Waals surface area (Å²) in [6, 6.07) is -0.237. The van der Waals surface area contributed by atoms with Crippen LogP contribution >= 0.6 is 0 Å². The first-order chi connectivity index (χ1) is 6.07. The minimum Gasteiger partial charge on any atom is -0.396 e. The molecule has 0 spiro atoms. The number of nitrogens with two attached hydrogens (primary N) is 1. The molecular formula is C9H18N2O2. The van der Waals surface area contributed by atoms with E-state index in [9.17, 15) is 4.79 Å². The number of hydrogen-bond donors (Lipinski definition) is 2. The lowest BCUT2D eigenvalue weighted by Gasteiger charge is -2.28. The number of carbonyl (C=O) groups is 1. The zero-order valence-corrected chi connectivity index (χ0v) is 8.23. The minimum atomic E-state index is -0.326. The lowest BCUT2D eigenvalue weighted by molar-refractivity contribution is -0.131. The van der Waals surface area contributed by atoms with Gasteiger partial charge in [0.15, 0.2) is 0 Å². The molecular weight excluding hydrogens is 168 g/mol. The summed E-state index contributed by atoms with van der Waals surface area (Å²) in [4.78, 5) is 13.3. The molecule has 13 heavy (non-hydrogen) atoms. The largest absolute Gasteiger partial charge is 0.396 e. The molecule has 0 bridgehead atoms. The van der Waals surface area contributed by atoms with Crippen molar-refractivity contribution in [1.29, 1.82) is 0 Å². The summed E-state index contributed by atoms with van der Waals surface area (Å²) in [6.45, 7) is 4.73. The van der Waals surface area contributed by atoms with Gasteiger partial charge in [0.05, 0.1) is 6.04 Å². The molecule has 1 heterocycles. The SMILES string of the molecule is CC(CO)C(C)N1CCC(N)C1=O. The molecule has 3 N–H and O–H groups in total. The summed E-state index contributed by atoms with van der Waals surface area (Å²) in [6.07, 6.45) is 0.737. The van der Waals surface area contributed by atoms with Crippen LogP contribution in [0.2, 0.25) is 0 Å². The Hall–Kier alpha value is -0.610. The Kier molecular flexibility index (Phi) is 3.27. The highest BCUT2D eigenvalue weighted by Crippen LogP contribution is 2.17. The van der Waals surface area contributed by atoms with Gasteiger partial charge in [-0.3, -0.25) is 4.79 Å². The maximum absolute atomic E-state index is 11.5. The van der Waals surface area contributed by atoms with Gasteiger partial charge in [-0.25, -0.2) is 0 Å². The van der Waals surface area contributed by atoms with Gasteiger partial charge in [0.2, 0.25) is 5.91 Å². The number of nitrogens with zero attached hydrogens (tertiary/aromatic N) is 1. The van der Waals surface area contributed by atoms with Crippen LogP contribution < -0.4 is 5.73 Å². The Balaban J connectivity index is 2.57. The highest BCUT2D eigenvalue weighted by molar-refractivity contribution is 5.83. The van der Waals surface area contributed by atoms with Crippen LogP contribution in [0.4, 0.5) is 0 Å². The number of amides is 1. The number of likely N-dealkylation sites (tertiary alicyclic amines) is 1. The summed E-state index contributed by atoms with van der Waals surface area (Å²) in [7, 11) is 0. The van der Waals surface area contributed by atoms with E-state index in [0.29, 0.717) is 0 Å². The standard InChI is InChI=1S/C9H18N2O2/c1-6(5-12)7(2)11-4-3-8(10)9(11)13/h6-8,12H,3-5,10H2,1-2H3. The van der Waals surface area contributed by atoms with Crippen molar-refractivity contribution in [3.63, 3.8) is 0 Å². The van der Waals surface area contributed by atoms with E-state index in [0.717, 1.165) is 13.0 Å². The second-order valence-corrected chi connectivity index (χ2v) is 3.83. The Morgan fingerprint density at radius 3 is 2.69 bits per heavy atom. The van der Waals surface area contributed by atoms with E-state index < -0.39 is 0 Å². The van der Waals surface area contributed by atoms with E-state index in [4.69, 9.17) is 10.8 Å². The van der Waals surface area contributed by atoms with Gasteiger partial charge in [0, 0.05) is 19.2 Å². The van der Waals surface area contributed by atoms with E-state index >= 15 is 0 Å². The van der Waals surface area contributed by atoms with Crippen LogP contribution in [0.3, 0.4) is 0 Å². The molecule has 1 aliphatic heterocycles. The third-order valence-corrected chi connectivity index (χ3v) is 2.88. The fourth-order valence-electron chi connectivity index (χ4n) is 1.59. The van der Waals surface area contributed by atoms with Crippen molar-refractivity contribution < 1.29 is 9.90 Å². The van der Waals surface area contributed by atoms with Crippen molar-refractivity contribution in [1.82, 2.24) is 4.90 Å². The number of carbonyl (C=O) groups excluding carboxylic acids is 1. The van der Waals surface area contributed by atoms with Crippen LogP contribution in [0, 0.1) is 5.92 Å². The Morgan fingerprint density at radius 2 is 2.31 bits per heavy atom. The van der Waals surface area contributed by atoms with Crippen LogP contribution in [0.1, 0.15) is 20.3 Å². The van der Waals surface area contributed by atoms with E-state index in [1.807, 2.05) is 13.8 Å². The molecule has 1 aliphatic rings. The van der Waals surface area contributed by atoms with Gasteiger partial charge < -0.3 is 15.7 Å². The van der Waals surface area contributed by atoms with E-state index in [-0.39, 0.29) is 30.5 Å². The molecule has 1 fully saturated rings. The lowest BCUT2D eigenvalue weighted by atomic mass is 10.0. The number of rotatable bonds is 3. The van der Waals surface area contributed by atoms with Crippen molar-refractivity contribution in [3.8, 4) is 0 Å². The quantitative estimate of drug-likeness (QED) is 0.628. The van der Waals surface area contributed by atoms with Crippen molar-refractivity contribution in [2.75, 3.05) is 13.2 Å². The Bertz CT molecular complexity index is 196. The van der Waals surface area contributed by atoms with Crippen molar-refractivity contribution in [3.05, 3.63) is 0 Å². The average molecular weight is 186 g/mol. The molecule has 0 radical (unpaired) electrons. The maximum atomic E-state index is 11.5. The highest BCUT2D eigenvalue weighted by Gasteiger charge is 2.33. The first-order valence-corrected chi connectivity index (χ1v) is 4.74. The summed E-state index contributed by atoms with van der Waals surface area (Å²) >= 11 is 0. The highest BCUT2D eigenvalue weighted by atomic mass is 16.3. The predicted octanol–water partition coefficient (Wildman–Crippen LogP) is -0.437. The van der Waals surface area contributed by atoms with Gasteiger partial charge in [-0.2, -0.15) is 0 Å². The lowest BCUT2D eigenvalue weighted by Crippen LogP contribution is -2.43. The molecule has 1 saturated heterocycles. The van der Waals surface area contributed by atoms with E-state index in [2.05, 4.69) is 0 Å². The van der Waals surface area contributed by atoms with Gasteiger partial charge in [-0.05, 0) is 19.3 Å². The summed E-state index contributed by atoms with van der Waals surface area (Å²) in [5, 5.41) is 8.95. The molecule has 0 aromatic rings. The molecule has 76 valence electrons. The smallest absolute Gasteiger partial charge is 0.239 e.